The zero-order valence-corrected chi connectivity index (χ0v) is 17.1. The Morgan fingerprint density at radius 3 is 2.11 bits per heavy atom. The second-order valence-electron chi connectivity index (χ2n) is 6.18. The summed E-state index contributed by atoms with van der Waals surface area (Å²) in [5.74, 6) is 0.907. The predicted octanol–water partition coefficient (Wildman–Crippen LogP) is 3.62. The first kappa shape index (κ1) is 19.0. The summed E-state index contributed by atoms with van der Waals surface area (Å²) in [6.07, 6.45) is 0. The van der Waals surface area contributed by atoms with Gasteiger partial charge in [0.25, 0.3) is 5.91 Å². The summed E-state index contributed by atoms with van der Waals surface area (Å²) < 4.78 is 19.0. The smallest absolute Gasteiger partial charge is 0.279 e. The largest absolute Gasteiger partial charge is 0.493 e. The van der Waals surface area contributed by atoms with Gasteiger partial charge in [0.15, 0.2) is 16.3 Å². The Kier molecular flexibility index (Phi) is 5.23. The molecule has 27 heavy (non-hydrogen) atoms. The predicted molar refractivity (Wildman–Crippen MR) is 106 cm³/mol. The Labute approximate surface area is 161 Å². The molecule has 3 aromatic rings. The molecule has 0 unspecified atom stereocenters. The lowest BCUT2D eigenvalue weighted by atomic mass is 10.1. The second-order valence-corrected chi connectivity index (χ2v) is 7.19. The van der Waals surface area contributed by atoms with E-state index >= 15 is 0 Å². The van der Waals surface area contributed by atoms with Crippen molar-refractivity contribution in [2.45, 2.75) is 13.8 Å². The van der Waals surface area contributed by atoms with Gasteiger partial charge in [-0.3, -0.25) is 4.79 Å². The first-order valence-corrected chi connectivity index (χ1v) is 9.17. The number of nitrogens with zero attached hydrogens (tertiary/aromatic N) is 2. The zero-order valence-electron chi connectivity index (χ0n) is 16.2. The molecule has 0 saturated carbocycles. The van der Waals surface area contributed by atoms with Crippen LogP contribution in [-0.4, -0.2) is 31.8 Å². The number of ether oxygens (including phenoxy) is 3. The molecule has 0 fully saturated rings. The molecule has 1 aromatic heterocycles. The standard InChI is InChI=1S/C20H22N2O4S/c1-11-7-14-17(8-12(11)2)27-20(22(14)3)21-19(23)13-9-15(24-4)18(26-6)16(10-13)25-5/h7-10H,1-6H3. The van der Waals surface area contributed by atoms with Crippen molar-refractivity contribution in [3.05, 3.63) is 45.8 Å². The Morgan fingerprint density at radius 2 is 1.56 bits per heavy atom. The van der Waals surface area contributed by atoms with Crippen molar-refractivity contribution in [3.63, 3.8) is 0 Å². The van der Waals surface area contributed by atoms with E-state index in [4.69, 9.17) is 14.2 Å². The van der Waals surface area contributed by atoms with Gasteiger partial charge in [0.1, 0.15) is 0 Å². The van der Waals surface area contributed by atoms with Crippen molar-refractivity contribution < 1.29 is 19.0 Å². The molecule has 0 aliphatic carbocycles. The lowest BCUT2D eigenvalue weighted by Gasteiger charge is -2.12. The van der Waals surface area contributed by atoms with Crippen LogP contribution < -0.4 is 19.0 Å². The molecule has 7 heteroatoms. The van der Waals surface area contributed by atoms with Crippen LogP contribution in [0.25, 0.3) is 10.2 Å². The number of methoxy groups -OCH3 is 3. The van der Waals surface area contributed by atoms with Crippen molar-refractivity contribution in [3.8, 4) is 17.2 Å². The molecule has 1 heterocycles. The molecule has 0 spiro atoms. The summed E-state index contributed by atoms with van der Waals surface area (Å²) in [7, 11) is 6.46. The number of aromatic nitrogens is 1. The van der Waals surface area contributed by atoms with E-state index < -0.39 is 0 Å². The molecule has 0 aliphatic rings. The molecule has 0 radical (unpaired) electrons. The number of fused-ring (bicyclic) bond motifs is 1. The van der Waals surface area contributed by atoms with E-state index in [1.165, 1.54) is 43.8 Å². The molecule has 1 amide bonds. The third-order valence-electron chi connectivity index (χ3n) is 4.53. The van der Waals surface area contributed by atoms with E-state index in [1.807, 2.05) is 11.6 Å². The highest BCUT2D eigenvalue weighted by atomic mass is 32.1. The minimum Gasteiger partial charge on any atom is -0.493 e. The number of amides is 1. The monoisotopic (exact) mass is 386 g/mol. The van der Waals surface area contributed by atoms with Crippen LogP contribution in [0.3, 0.4) is 0 Å². The molecular weight excluding hydrogens is 364 g/mol. The van der Waals surface area contributed by atoms with Gasteiger partial charge in [-0.25, -0.2) is 0 Å². The number of aryl methyl sites for hydroxylation is 3. The fourth-order valence-corrected chi connectivity index (χ4v) is 3.94. The van der Waals surface area contributed by atoms with Crippen molar-refractivity contribution in [1.82, 2.24) is 4.57 Å². The fourth-order valence-electron chi connectivity index (χ4n) is 2.84. The highest BCUT2D eigenvalue weighted by molar-refractivity contribution is 7.16. The molecule has 142 valence electrons. The van der Waals surface area contributed by atoms with Gasteiger partial charge < -0.3 is 18.8 Å². The Morgan fingerprint density at radius 1 is 0.963 bits per heavy atom. The van der Waals surface area contributed by atoms with Crippen molar-refractivity contribution in [2.75, 3.05) is 21.3 Å². The summed E-state index contributed by atoms with van der Waals surface area (Å²) in [6.45, 7) is 4.15. The first-order chi connectivity index (χ1) is 12.9. The molecule has 0 aliphatic heterocycles. The maximum absolute atomic E-state index is 12.8. The first-order valence-electron chi connectivity index (χ1n) is 8.35. The Bertz CT molecular complexity index is 1070. The summed E-state index contributed by atoms with van der Waals surface area (Å²) >= 11 is 1.49. The fraction of sp³-hybridized carbons (Fsp3) is 0.300. The van der Waals surface area contributed by atoms with Crippen molar-refractivity contribution >= 4 is 27.5 Å². The van der Waals surface area contributed by atoms with Crippen LogP contribution in [0.5, 0.6) is 17.2 Å². The topological polar surface area (TPSA) is 62.0 Å². The summed E-state index contributed by atoms with van der Waals surface area (Å²) in [6, 6.07) is 7.45. The number of carbonyl (C=O) groups excluding carboxylic acids is 1. The van der Waals surface area contributed by atoms with Gasteiger partial charge in [0.05, 0.1) is 31.5 Å². The summed E-state index contributed by atoms with van der Waals surface area (Å²) in [4.78, 5) is 17.7. The van der Waals surface area contributed by atoms with Crippen LogP contribution in [0.15, 0.2) is 29.3 Å². The van der Waals surface area contributed by atoms with Gasteiger partial charge in [0.2, 0.25) is 5.75 Å². The van der Waals surface area contributed by atoms with E-state index in [-0.39, 0.29) is 5.91 Å². The molecule has 6 nitrogen and oxygen atoms in total. The van der Waals surface area contributed by atoms with E-state index in [9.17, 15) is 4.79 Å². The lowest BCUT2D eigenvalue weighted by molar-refractivity contribution is 0.0997. The zero-order chi connectivity index (χ0) is 19.7. The average molecular weight is 386 g/mol. The highest BCUT2D eigenvalue weighted by Gasteiger charge is 2.17. The molecule has 0 atom stereocenters. The molecule has 0 N–H and O–H groups in total. The van der Waals surface area contributed by atoms with E-state index in [0.717, 1.165) is 10.2 Å². The summed E-state index contributed by atoms with van der Waals surface area (Å²) in [5.41, 5.74) is 3.85. The summed E-state index contributed by atoms with van der Waals surface area (Å²) in [5, 5.41) is 0. The van der Waals surface area contributed by atoms with E-state index in [0.29, 0.717) is 27.6 Å². The van der Waals surface area contributed by atoms with Crippen molar-refractivity contribution in [2.24, 2.45) is 12.0 Å². The Hall–Kier alpha value is -2.80. The quantitative estimate of drug-likeness (QED) is 0.687. The third kappa shape index (κ3) is 3.42. The van der Waals surface area contributed by atoms with Crippen LogP contribution in [-0.2, 0) is 7.05 Å². The van der Waals surface area contributed by atoms with Crippen LogP contribution in [0.4, 0.5) is 0 Å². The van der Waals surface area contributed by atoms with E-state index in [1.54, 1.807) is 12.1 Å². The highest BCUT2D eigenvalue weighted by Crippen LogP contribution is 2.38. The van der Waals surface area contributed by atoms with Crippen LogP contribution >= 0.6 is 11.3 Å². The number of hydrogen-bond acceptors (Lipinski definition) is 5. The van der Waals surface area contributed by atoms with Gasteiger partial charge in [-0.1, -0.05) is 11.3 Å². The second kappa shape index (κ2) is 7.44. The minimum atomic E-state index is -0.371. The van der Waals surface area contributed by atoms with Crippen LogP contribution in [0.2, 0.25) is 0 Å². The number of rotatable bonds is 4. The minimum absolute atomic E-state index is 0.370. The molecule has 0 bridgehead atoms. The van der Waals surface area contributed by atoms with E-state index in [2.05, 4.69) is 31.0 Å². The number of thiazole rings is 1. The van der Waals surface area contributed by atoms with Crippen LogP contribution in [0.1, 0.15) is 21.5 Å². The third-order valence-corrected chi connectivity index (χ3v) is 5.63. The van der Waals surface area contributed by atoms with Crippen molar-refractivity contribution in [1.29, 1.82) is 0 Å². The maximum Gasteiger partial charge on any atom is 0.279 e. The maximum atomic E-state index is 12.8. The van der Waals surface area contributed by atoms with Gasteiger partial charge in [-0.05, 0) is 49.2 Å². The normalized spacial score (nSPS) is 11.7. The average Bonchev–Trinajstić information content (AvgIpc) is 2.95. The van der Waals surface area contributed by atoms with Gasteiger partial charge in [-0.2, -0.15) is 4.99 Å². The SMILES string of the molecule is COc1cc(C(=O)N=c2sc3cc(C)c(C)cc3n2C)cc(OC)c1OC. The molecule has 0 saturated heterocycles. The molecule has 3 rings (SSSR count). The Balaban J connectivity index is 2.12. The van der Waals surface area contributed by atoms with Gasteiger partial charge >= 0.3 is 0 Å². The van der Waals surface area contributed by atoms with Gasteiger partial charge in [0, 0.05) is 12.6 Å². The lowest BCUT2D eigenvalue weighted by Crippen LogP contribution is -2.13. The molecule has 2 aromatic carbocycles. The number of hydrogen-bond donors (Lipinski definition) is 0. The van der Waals surface area contributed by atoms with Crippen LogP contribution in [0, 0.1) is 13.8 Å². The molecular formula is C20H22N2O4S. The number of carbonyl (C=O) groups is 1. The number of benzene rings is 2. The van der Waals surface area contributed by atoms with Gasteiger partial charge in [-0.15, -0.1) is 0 Å².